The van der Waals surface area contributed by atoms with Crippen molar-refractivity contribution in [3.05, 3.63) is 0 Å². The number of nitrogens with zero attached hydrogens (tertiary/aromatic N) is 4. The number of carboxylic acids is 1. The molecule has 0 aromatic heterocycles. The predicted molar refractivity (Wildman–Crippen MR) is 190 cm³/mol. The molecule has 0 aromatic carbocycles. The van der Waals surface area contributed by atoms with Gasteiger partial charge in [-0.25, -0.2) is 4.79 Å². The lowest BCUT2D eigenvalue weighted by atomic mass is 10.0. The number of aliphatic hydroxyl groups excluding tert-OH is 2. The molecule has 4 aliphatic heterocycles. The minimum absolute atomic E-state index is 0.108. The number of carboxylic acid groups (broad SMARTS) is 1. The maximum Gasteiger partial charge on any atom is 0.328 e. The Bertz CT molecular complexity index is 1440. The van der Waals surface area contributed by atoms with Crippen LogP contribution in [0.5, 0.6) is 0 Å². The monoisotopic (exact) mass is 764 g/mol. The van der Waals surface area contributed by atoms with Crippen molar-refractivity contribution in [1.82, 2.24) is 35.6 Å². The number of hydrogen-bond acceptors (Lipinski definition) is 11. The number of carbonyl (C=O) groups is 8. The van der Waals surface area contributed by atoms with Crippen molar-refractivity contribution < 1.29 is 53.7 Å². The quantitative estimate of drug-likeness (QED) is 0.0873. The molecule has 4 saturated heterocycles. The number of nitrogens with one attached hydrogen (secondary N) is 3. The number of likely N-dealkylation sites (tertiary alicyclic amines) is 4. The number of carbonyl (C=O) groups excluding carboxylic acids is 7. The zero-order valence-electron chi connectivity index (χ0n) is 31.3. The normalized spacial score (nSPS) is 24.9. The maximum atomic E-state index is 13.9. The summed E-state index contributed by atoms with van der Waals surface area (Å²) in [5.41, 5.74) is 5.81. The Morgan fingerprint density at radius 1 is 0.593 bits per heavy atom. The molecule has 8 N–H and O–H groups in total. The third-order valence-electron chi connectivity index (χ3n) is 10.6. The second kappa shape index (κ2) is 18.8. The highest BCUT2D eigenvalue weighted by Gasteiger charge is 2.46. The van der Waals surface area contributed by atoms with Crippen LogP contribution in [-0.4, -0.2) is 170 Å². The fourth-order valence-electron chi connectivity index (χ4n) is 7.91. The summed E-state index contributed by atoms with van der Waals surface area (Å²) in [7, 11) is 0. The molecule has 7 amide bonds. The fourth-order valence-corrected chi connectivity index (χ4v) is 7.91. The smallest absolute Gasteiger partial charge is 0.328 e. The molecular formula is C35H56N8O11. The molecule has 0 saturated carbocycles. The largest absolute Gasteiger partial charge is 0.480 e. The molecule has 8 atom stereocenters. The first-order valence-corrected chi connectivity index (χ1v) is 18.9. The molecule has 0 radical (unpaired) electrons. The third-order valence-corrected chi connectivity index (χ3v) is 10.6. The van der Waals surface area contributed by atoms with Crippen LogP contribution in [-0.2, 0) is 38.4 Å². The van der Waals surface area contributed by atoms with E-state index in [0.29, 0.717) is 51.6 Å². The first-order chi connectivity index (χ1) is 25.6. The lowest BCUT2D eigenvalue weighted by molar-refractivity contribution is -0.150. The van der Waals surface area contributed by atoms with Crippen molar-refractivity contribution >= 4 is 47.3 Å². The van der Waals surface area contributed by atoms with Crippen molar-refractivity contribution in [3.63, 3.8) is 0 Å². The summed E-state index contributed by atoms with van der Waals surface area (Å²) in [4.78, 5) is 111. The van der Waals surface area contributed by atoms with Crippen LogP contribution in [0.25, 0.3) is 0 Å². The van der Waals surface area contributed by atoms with Crippen LogP contribution in [0.2, 0.25) is 0 Å². The molecule has 4 aliphatic rings. The molecule has 54 heavy (non-hydrogen) atoms. The number of nitrogens with two attached hydrogens (primary N) is 1. The Balaban J connectivity index is 1.41. The molecule has 19 nitrogen and oxygen atoms in total. The lowest BCUT2D eigenvalue weighted by Crippen LogP contribution is -2.60. The minimum atomic E-state index is -1.55. The number of rotatable bonds is 15. The van der Waals surface area contributed by atoms with E-state index in [4.69, 9.17) is 5.73 Å². The van der Waals surface area contributed by atoms with Gasteiger partial charge >= 0.3 is 5.97 Å². The highest BCUT2D eigenvalue weighted by Crippen LogP contribution is 2.29. The second-order valence-electron chi connectivity index (χ2n) is 15.1. The molecule has 4 fully saturated rings. The average molecular weight is 765 g/mol. The summed E-state index contributed by atoms with van der Waals surface area (Å²) in [6, 6.07) is -8.52. The van der Waals surface area contributed by atoms with Crippen LogP contribution in [0.1, 0.15) is 78.6 Å². The first-order valence-electron chi connectivity index (χ1n) is 18.9. The van der Waals surface area contributed by atoms with E-state index < -0.39 is 97.1 Å². The van der Waals surface area contributed by atoms with Crippen LogP contribution < -0.4 is 21.7 Å². The van der Waals surface area contributed by atoms with Crippen molar-refractivity contribution in [2.75, 3.05) is 39.4 Å². The topological polar surface area (TPSA) is 272 Å². The van der Waals surface area contributed by atoms with Gasteiger partial charge in [-0.15, -0.1) is 0 Å². The molecular weight excluding hydrogens is 708 g/mol. The Morgan fingerprint density at radius 2 is 1.00 bits per heavy atom. The Labute approximate surface area is 314 Å². The average Bonchev–Trinajstić information content (AvgIpc) is 3.97. The van der Waals surface area contributed by atoms with Crippen molar-refractivity contribution in [2.45, 2.75) is 127 Å². The molecule has 0 spiro atoms. The van der Waals surface area contributed by atoms with Crippen molar-refractivity contribution in [1.29, 1.82) is 0 Å². The second-order valence-corrected chi connectivity index (χ2v) is 15.1. The summed E-state index contributed by atoms with van der Waals surface area (Å²) < 4.78 is 0. The van der Waals surface area contributed by atoms with Crippen molar-refractivity contribution in [2.24, 2.45) is 11.7 Å². The molecule has 19 heteroatoms. The van der Waals surface area contributed by atoms with Gasteiger partial charge < -0.3 is 56.6 Å². The SMILES string of the molecule is CC(C)CC(NC(=O)C(CO)NC(=O)C1CCCN1C(=O)C1CCCN1C(=O)C1CCCN1C(=O)C(C)N)C(=O)N1CCCC1C(=O)NC(CO)C(=O)O. The molecule has 4 heterocycles. The van der Waals surface area contributed by atoms with E-state index in [0.717, 1.165) is 0 Å². The van der Waals surface area contributed by atoms with Crippen molar-refractivity contribution in [3.8, 4) is 0 Å². The van der Waals surface area contributed by atoms with E-state index in [1.165, 1.54) is 19.6 Å². The highest BCUT2D eigenvalue weighted by molar-refractivity contribution is 5.98. The molecule has 4 rings (SSSR count). The lowest BCUT2D eigenvalue weighted by Gasteiger charge is -2.34. The zero-order valence-corrected chi connectivity index (χ0v) is 31.3. The van der Waals surface area contributed by atoms with Crippen LogP contribution >= 0.6 is 0 Å². The summed E-state index contributed by atoms with van der Waals surface area (Å²) in [6.07, 6.45) is 3.65. The Kier molecular flexibility index (Phi) is 14.8. The van der Waals surface area contributed by atoms with E-state index >= 15 is 0 Å². The third kappa shape index (κ3) is 9.65. The van der Waals surface area contributed by atoms with Gasteiger partial charge in [0.1, 0.15) is 42.3 Å². The number of aliphatic hydroxyl groups is 2. The molecule has 8 unspecified atom stereocenters. The molecule has 302 valence electrons. The Morgan fingerprint density at radius 3 is 1.46 bits per heavy atom. The van der Waals surface area contributed by atoms with Gasteiger partial charge in [-0.3, -0.25) is 33.6 Å². The predicted octanol–water partition coefficient (Wildman–Crippen LogP) is -3.13. The van der Waals surface area contributed by atoms with Crippen LogP contribution in [0, 0.1) is 5.92 Å². The zero-order chi connectivity index (χ0) is 39.9. The van der Waals surface area contributed by atoms with E-state index in [-0.39, 0.29) is 50.1 Å². The maximum absolute atomic E-state index is 13.9. The van der Waals surface area contributed by atoms with E-state index in [1.807, 2.05) is 13.8 Å². The van der Waals surface area contributed by atoms with Gasteiger partial charge in [0.15, 0.2) is 0 Å². The van der Waals surface area contributed by atoms with Gasteiger partial charge in [-0.1, -0.05) is 13.8 Å². The molecule has 0 aliphatic carbocycles. The van der Waals surface area contributed by atoms with Gasteiger partial charge in [-0.05, 0) is 70.6 Å². The van der Waals surface area contributed by atoms with E-state index in [2.05, 4.69) is 16.0 Å². The summed E-state index contributed by atoms with van der Waals surface area (Å²) in [5.74, 6) is -5.50. The Hall–Kier alpha value is -4.36. The standard InChI is InChI=1S/C35H56N8O11/c1-19(2)16-21(32(50)40-12-4-8-24(40)30(48)39-23(18-45)35(53)54)37-28(46)22(17-44)38-29(47)25-9-5-13-41(25)33(51)27-11-7-15-43(27)34(52)26-10-6-14-42(26)31(49)20(3)36/h19-27,44-45H,4-18,36H2,1-3H3,(H,37,46)(H,38,47)(H,39,48)(H,53,54). The first kappa shape index (κ1) is 42.4. The van der Waals surface area contributed by atoms with Crippen LogP contribution in [0.15, 0.2) is 0 Å². The molecule has 0 bridgehead atoms. The van der Waals surface area contributed by atoms with Gasteiger partial charge in [0.05, 0.1) is 19.3 Å². The summed E-state index contributed by atoms with van der Waals surface area (Å²) in [5, 5.41) is 36.1. The van der Waals surface area contributed by atoms with E-state index in [9.17, 15) is 53.7 Å². The van der Waals surface area contributed by atoms with Gasteiger partial charge in [0.25, 0.3) is 0 Å². The summed E-state index contributed by atoms with van der Waals surface area (Å²) in [6.45, 7) is 4.67. The fraction of sp³-hybridized carbons (Fsp3) is 0.771. The summed E-state index contributed by atoms with van der Waals surface area (Å²) >= 11 is 0. The van der Waals surface area contributed by atoms with Gasteiger partial charge in [-0.2, -0.15) is 0 Å². The molecule has 0 aromatic rings. The number of amides is 7. The highest BCUT2D eigenvalue weighted by atomic mass is 16.4. The van der Waals surface area contributed by atoms with Gasteiger partial charge in [0.2, 0.25) is 41.4 Å². The van der Waals surface area contributed by atoms with Crippen LogP contribution in [0.3, 0.4) is 0 Å². The van der Waals surface area contributed by atoms with Gasteiger partial charge in [0, 0.05) is 26.2 Å². The van der Waals surface area contributed by atoms with Crippen LogP contribution in [0.4, 0.5) is 0 Å². The number of aliphatic carboxylic acids is 1. The van der Waals surface area contributed by atoms with E-state index in [1.54, 1.807) is 6.92 Å². The minimum Gasteiger partial charge on any atom is -0.480 e. The number of hydrogen-bond donors (Lipinski definition) is 7.